The SMILES string of the molecule is NC(=O)CCCC1=CC=CCC1=O. The minimum absolute atomic E-state index is 0.159. The van der Waals surface area contributed by atoms with Gasteiger partial charge in [-0.3, -0.25) is 9.59 Å². The smallest absolute Gasteiger partial charge is 0.217 e. The van der Waals surface area contributed by atoms with Gasteiger partial charge in [-0.2, -0.15) is 0 Å². The molecule has 0 saturated heterocycles. The largest absolute Gasteiger partial charge is 0.370 e. The van der Waals surface area contributed by atoms with Crippen molar-refractivity contribution in [3.63, 3.8) is 0 Å². The van der Waals surface area contributed by atoms with Gasteiger partial charge in [0.15, 0.2) is 5.78 Å². The van der Waals surface area contributed by atoms with Crippen molar-refractivity contribution >= 4 is 11.7 Å². The molecule has 3 heteroatoms. The Bertz CT molecular complexity index is 277. The Morgan fingerprint density at radius 3 is 2.92 bits per heavy atom. The number of nitrogens with two attached hydrogens (primary N) is 1. The second-order valence-corrected chi connectivity index (χ2v) is 3.07. The number of amides is 1. The molecule has 0 unspecified atom stereocenters. The summed E-state index contributed by atoms with van der Waals surface area (Å²) in [5, 5.41) is 0. The third kappa shape index (κ3) is 3.23. The lowest BCUT2D eigenvalue weighted by molar-refractivity contribution is -0.118. The Kier molecular flexibility index (Phi) is 3.43. The Balaban J connectivity index is 2.35. The van der Waals surface area contributed by atoms with Crippen LogP contribution in [0.3, 0.4) is 0 Å². The van der Waals surface area contributed by atoms with Gasteiger partial charge in [0.2, 0.25) is 5.91 Å². The number of primary amides is 1. The van der Waals surface area contributed by atoms with Crippen molar-refractivity contribution in [2.75, 3.05) is 0 Å². The van der Waals surface area contributed by atoms with E-state index in [0.717, 1.165) is 5.57 Å². The van der Waals surface area contributed by atoms with Crippen LogP contribution in [0.25, 0.3) is 0 Å². The van der Waals surface area contributed by atoms with Crippen molar-refractivity contribution in [3.8, 4) is 0 Å². The predicted octanol–water partition coefficient (Wildman–Crippen LogP) is 1.10. The number of hydrogen-bond donors (Lipinski definition) is 1. The van der Waals surface area contributed by atoms with Gasteiger partial charge in [-0.25, -0.2) is 0 Å². The van der Waals surface area contributed by atoms with Crippen molar-refractivity contribution in [2.24, 2.45) is 5.73 Å². The van der Waals surface area contributed by atoms with Gasteiger partial charge in [0.25, 0.3) is 0 Å². The van der Waals surface area contributed by atoms with E-state index in [1.54, 1.807) is 0 Å². The van der Waals surface area contributed by atoms with Crippen molar-refractivity contribution < 1.29 is 9.59 Å². The summed E-state index contributed by atoms with van der Waals surface area (Å²) in [7, 11) is 0. The fraction of sp³-hybridized carbons (Fsp3) is 0.400. The molecule has 0 bridgehead atoms. The molecule has 13 heavy (non-hydrogen) atoms. The number of ketones is 1. The molecule has 1 rings (SSSR count). The summed E-state index contributed by atoms with van der Waals surface area (Å²) in [5.41, 5.74) is 5.79. The average Bonchev–Trinajstić information content (AvgIpc) is 2.08. The third-order valence-corrected chi connectivity index (χ3v) is 1.96. The number of hydrogen-bond acceptors (Lipinski definition) is 2. The first-order chi connectivity index (χ1) is 6.20. The zero-order valence-corrected chi connectivity index (χ0v) is 7.45. The van der Waals surface area contributed by atoms with E-state index in [4.69, 9.17) is 5.73 Å². The second-order valence-electron chi connectivity index (χ2n) is 3.07. The van der Waals surface area contributed by atoms with E-state index >= 15 is 0 Å². The molecular formula is C10H13NO2. The fourth-order valence-electron chi connectivity index (χ4n) is 1.26. The first-order valence-electron chi connectivity index (χ1n) is 4.37. The highest BCUT2D eigenvalue weighted by Crippen LogP contribution is 2.14. The quantitative estimate of drug-likeness (QED) is 0.702. The van der Waals surface area contributed by atoms with Crippen molar-refractivity contribution in [1.82, 2.24) is 0 Å². The maximum atomic E-state index is 11.2. The van der Waals surface area contributed by atoms with E-state index in [2.05, 4.69) is 0 Å². The van der Waals surface area contributed by atoms with Gasteiger partial charge in [-0.15, -0.1) is 0 Å². The molecule has 0 aliphatic heterocycles. The summed E-state index contributed by atoms with van der Waals surface area (Å²) < 4.78 is 0. The molecule has 0 aromatic carbocycles. The average molecular weight is 179 g/mol. The van der Waals surface area contributed by atoms with Gasteiger partial charge in [0, 0.05) is 12.8 Å². The van der Waals surface area contributed by atoms with Crippen LogP contribution in [-0.2, 0) is 9.59 Å². The normalized spacial score (nSPS) is 15.7. The van der Waals surface area contributed by atoms with Crippen LogP contribution in [0, 0.1) is 0 Å². The van der Waals surface area contributed by atoms with Crippen LogP contribution in [0.4, 0.5) is 0 Å². The first-order valence-corrected chi connectivity index (χ1v) is 4.37. The van der Waals surface area contributed by atoms with Gasteiger partial charge in [-0.1, -0.05) is 18.2 Å². The lowest BCUT2D eigenvalue weighted by Crippen LogP contribution is -2.11. The number of carbonyl (C=O) groups is 2. The first kappa shape index (κ1) is 9.71. The number of allylic oxidation sites excluding steroid dienone is 4. The van der Waals surface area contributed by atoms with E-state index in [1.165, 1.54) is 0 Å². The van der Waals surface area contributed by atoms with Crippen molar-refractivity contribution in [3.05, 3.63) is 23.8 Å². The zero-order chi connectivity index (χ0) is 9.68. The summed E-state index contributed by atoms with van der Waals surface area (Å²) in [5.74, 6) is -0.147. The van der Waals surface area contributed by atoms with Crippen LogP contribution in [0.5, 0.6) is 0 Å². The molecule has 3 nitrogen and oxygen atoms in total. The van der Waals surface area contributed by atoms with Gasteiger partial charge in [0.1, 0.15) is 0 Å². The lowest BCUT2D eigenvalue weighted by atomic mass is 9.98. The molecule has 0 radical (unpaired) electrons. The summed E-state index contributed by atoms with van der Waals surface area (Å²) >= 11 is 0. The number of Topliss-reactive ketones (excluding diaryl/α,β-unsaturated/α-hetero) is 1. The molecule has 0 fully saturated rings. The van der Waals surface area contributed by atoms with Crippen LogP contribution in [0.1, 0.15) is 25.7 Å². The maximum absolute atomic E-state index is 11.2. The molecule has 0 aromatic rings. The highest BCUT2D eigenvalue weighted by Gasteiger charge is 2.09. The Morgan fingerprint density at radius 2 is 2.31 bits per heavy atom. The van der Waals surface area contributed by atoms with E-state index in [1.807, 2.05) is 18.2 Å². The molecule has 0 saturated carbocycles. The predicted molar refractivity (Wildman–Crippen MR) is 49.9 cm³/mol. The van der Waals surface area contributed by atoms with Crippen LogP contribution < -0.4 is 5.73 Å². The molecule has 0 aromatic heterocycles. The Hall–Kier alpha value is -1.38. The number of carbonyl (C=O) groups excluding carboxylic acids is 2. The number of rotatable bonds is 4. The zero-order valence-electron chi connectivity index (χ0n) is 7.45. The van der Waals surface area contributed by atoms with Crippen LogP contribution in [0.15, 0.2) is 23.8 Å². The standard InChI is InChI=1S/C10H13NO2/c11-10(13)7-3-5-8-4-1-2-6-9(8)12/h1-2,4H,3,5-7H2,(H2,11,13). The van der Waals surface area contributed by atoms with Crippen LogP contribution in [-0.4, -0.2) is 11.7 Å². The molecule has 0 spiro atoms. The summed E-state index contributed by atoms with van der Waals surface area (Å²) in [4.78, 5) is 21.7. The molecule has 0 atom stereocenters. The van der Waals surface area contributed by atoms with E-state index in [9.17, 15) is 9.59 Å². The summed E-state index contributed by atoms with van der Waals surface area (Å²) in [6, 6.07) is 0. The minimum Gasteiger partial charge on any atom is -0.370 e. The van der Waals surface area contributed by atoms with Crippen LogP contribution >= 0.6 is 0 Å². The fourth-order valence-corrected chi connectivity index (χ4v) is 1.26. The van der Waals surface area contributed by atoms with Crippen molar-refractivity contribution in [1.29, 1.82) is 0 Å². The van der Waals surface area contributed by atoms with Gasteiger partial charge in [0.05, 0.1) is 0 Å². The molecule has 2 N–H and O–H groups in total. The van der Waals surface area contributed by atoms with Gasteiger partial charge >= 0.3 is 0 Å². The highest BCUT2D eigenvalue weighted by atomic mass is 16.1. The van der Waals surface area contributed by atoms with E-state index in [0.29, 0.717) is 25.7 Å². The van der Waals surface area contributed by atoms with Crippen molar-refractivity contribution in [2.45, 2.75) is 25.7 Å². The second kappa shape index (κ2) is 4.60. The van der Waals surface area contributed by atoms with Gasteiger partial charge in [-0.05, 0) is 18.4 Å². The molecule has 1 aliphatic rings. The van der Waals surface area contributed by atoms with Crippen LogP contribution in [0.2, 0.25) is 0 Å². The van der Waals surface area contributed by atoms with E-state index < -0.39 is 0 Å². The Labute approximate surface area is 77.3 Å². The molecular weight excluding hydrogens is 166 g/mol. The molecule has 0 heterocycles. The third-order valence-electron chi connectivity index (χ3n) is 1.96. The Morgan fingerprint density at radius 1 is 1.54 bits per heavy atom. The monoisotopic (exact) mass is 179 g/mol. The molecule has 1 aliphatic carbocycles. The lowest BCUT2D eigenvalue weighted by Gasteiger charge is -2.06. The molecule has 70 valence electrons. The summed E-state index contributed by atoms with van der Waals surface area (Å²) in [6.45, 7) is 0. The van der Waals surface area contributed by atoms with Gasteiger partial charge < -0.3 is 5.73 Å². The van der Waals surface area contributed by atoms with E-state index in [-0.39, 0.29) is 11.7 Å². The molecule has 1 amide bonds. The highest BCUT2D eigenvalue weighted by molar-refractivity contribution is 5.97. The minimum atomic E-state index is -0.306. The maximum Gasteiger partial charge on any atom is 0.217 e. The topological polar surface area (TPSA) is 60.2 Å². The summed E-state index contributed by atoms with van der Waals surface area (Å²) in [6.07, 6.45) is 7.69.